The zero-order valence-corrected chi connectivity index (χ0v) is 12.4. The predicted molar refractivity (Wildman–Crippen MR) is 77.8 cm³/mol. The monoisotopic (exact) mass is 323 g/mol. The van der Waals surface area contributed by atoms with Crippen molar-refractivity contribution < 1.29 is 13.2 Å². The zero-order chi connectivity index (χ0) is 15.5. The first-order valence-corrected chi connectivity index (χ1v) is 7.55. The lowest BCUT2D eigenvalue weighted by Gasteiger charge is -2.09. The molecule has 0 saturated heterocycles. The van der Waals surface area contributed by atoms with Crippen molar-refractivity contribution in [2.24, 2.45) is 0 Å². The van der Waals surface area contributed by atoms with Crippen molar-refractivity contribution in [3.63, 3.8) is 0 Å². The van der Waals surface area contributed by atoms with Gasteiger partial charge in [-0.2, -0.15) is 5.26 Å². The molecule has 1 heterocycles. The van der Waals surface area contributed by atoms with Crippen molar-refractivity contribution in [2.45, 2.75) is 4.90 Å². The van der Waals surface area contributed by atoms with Gasteiger partial charge in [-0.05, 0) is 24.3 Å². The van der Waals surface area contributed by atoms with E-state index in [0.717, 1.165) is 0 Å². The summed E-state index contributed by atoms with van der Waals surface area (Å²) in [7, 11) is -2.34. The smallest absolute Gasteiger partial charge is 0.261 e. The number of nitrogens with zero attached hydrogens (tertiary/aromatic N) is 2. The quantitative estimate of drug-likeness (QED) is 0.932. The SMILES string of the molecule is COc1ccc(NS(=O)(=O)c2ccc(C#N)c(Cl)c2)cn1. The second-order valence-corrected chi connectivity index (χ2v) is 6.04. The van der Waals surface area contributed by atoms with E-state index >= 15 is 0 Å². The van der Waals surface area contributed by atoms with Crippen molar-refractivity contribution in [1.82, 2.24) is 4.98 Å². The third-order valence-electron chi connectivity index (χ3n) is 2.57. The molecule has 0 bridgehead atoms. The van der Waals surface area contributed by atoms with E-state index in [2.05, 4.69) is 9.71 Å². The third kappa shape index (κ3) is 3.42. The fourth-order valence-corrected chi connectivity index (χ4v) is 2.89. The van der Waals surface area contributed by atoms with Gasteiger partial charge in [0, 0.05) is 6.07 Å². The van der Waals surface area contributed by atoms with E-state index < -0.39 is 10.0 Å². The molecule has 2 aromatic rings. The number of anilines is 1. The summed E-state index contributed by atoms with van der Waals surface area (Å²) in [6, 6.07) is 8.80. The predicted octanol–water partition coefficient (Wildman–Crippen LogP) is 2.42. The standard InChI is InChI=1S/C13H10ClN3O3S/c1-20-13-5-3-10(8-16-13)17-21(18,19)11-4-2-9(7-15)12(14)6-11/h2-6,8,17H,1H3. The molecule has 6 nitrogen and oxygen atoms in total. The summed E-state index contributed by atoms with van der Waals surface area (Å²) < 4.78 is 31.6. The summed E-state index contributed by atoms with van der Waals surface area (Å²) in [5.41, 5.74) is 0.498. The normalized spacial score (nSPS) is 10.7. The Balaban J connectivity index is 2.29. The maximum Gasteiger partial charge on any atom is 0.261 e. The summed E-state index contributed by atoms with van der Waals surface area (Å²) in [5.74, 6) is 0.374. The topological polar surface area (TPSA) is 92.1 Å². The summed E-state index contributed by atoms with van der Waals surface area (Å²) >= 11 is 5.83. The number of hydrogen-bond donors (Lipinski definition) is 1. The number of ether oxygens (including phenoxy) is 1. The number of halogens is 1. The number of nitriles is 1. The van der Waals surface area contributed by atoms with E-state index in [1.54, 1.807) is 0 Å². The number of hydrogen-bond acceptors (Lipinski definition) is 5. The molecule has 2 rings (SSSR count). The van der Waals surface area contributed by atoms with Crippen molar-refractivity contribution >= 4 is 27.3 Å². The Bertz CT molecular complexity index is 798. The number of nitrogens with one attached hydrogen (secondary N) is 1. The van der Waals surface area contributed by atoms with Crippen molar-refractivity contribution in [2.75, 3.05) is 11.8 Å². The number of benzene rings is 1. The van der Waals surface area contributed by atoms with Gasteiger partial charge < -0.3 is 4.74 Å². The van der Waals surface area contributed by atoms with Crippen molar-refractivity contribution in [3.8, 4) is 11.9 Å². The van der Waals surface area contributed by atoms with Crippen LogP contribution in [0.4, 0.5) is 5.69 Å². The van der Waals surface area contributed by atoms with Gasteiger partial charge in [0.2, 0.25) is 5.88 Å². The molecular formula is C13H10ClN3O3S. The molecule has 0 atom stereocenters. The van der Waals surface area contributed by atoms with Crippen molar-refractivity contribution in [1.29, 1.82) is 5.26 Å². The van der Waals surface area contributed by atoms with Gasteiger partial charge in [0.25, 0.3) is 10.0 Å². The van der Waals surface area contributed by atoms with Gasteiger partial charge in [-0.3, -0.25) is 4.72 Å². The van der Waals surface area contributed by atoms with Crippen LogP contribution in [0.1, 0.15) is 5.56 Å². The summed E-state index contributed by atoms with van der Waals surface area (Å²) in [5, 5.41) is 8.85. The Labute approximate surface area is 127 Å². The molecular weight excluding hydrogens is 314 g/mol. The molecule has 0 amide bonds. The molecule has 0 aliphatic rings. The number of sulfonamides is 1. The zero-order valence-electron chi connectivity index (χ0n) is 10.9. The van der Waals surface area contributed by atoms with E-state index in [1.807, 2.05) is 6.07 Å². The van der Waals surface area contributed by atoms with Gasteiger partial charge in [0.05, 0.1) is 34.5 Å². The van der Waals surface area contributed by atoms with Gasteiger partial charge in [0.15, 0.2) is 0 Å². The minimum atomic E-state index is -3.81. The summed E-state index contributed by atoms with van der Waals surface area (Å²) in [6.07, 6.45) is 1.33. The van der Waals surface area contributed by atoms with Crippen LogP contribution >= 0.6 is 11.6 Å². The van der Waals surface area contributed by atoms with Crippen LogP contribution in [0.2, 0.25) is 5.02 Å². The maximum absolute atomic E-state index is 12.2. The first-order valence-electron chi connectivity index (χ1n) is 5.69. The van der Waals surface area contributed by atoms with Crippen LogP contribution < -0.4 is 9.46 Å². The largest absolute Gasteiger partial charge is 0.481 e. The maximum atomic E-state index is 12.2. The van der Waals surface area contributed by atoms with E-state index in [1.165, 1.54) is 43.6 Å². The van der Waals surface area contributed by atoms with Crippen LogP contribution in [0.5, 0.6) is 5.88 Å². The molecule has 0 spiro atoms. The Morgan fingerprint density at radius 1 is 1.33 bits per heavy atom. The Morgan fingerprint density at radius 2 is 2.10 bits per heavy atom. The Hall–Kier alpha value is -2.30. The third-order valence-corrected chi connectivity index (χ3v) is 4.26. The minimum absolute atomic E-state index is 0.0395. The number of aromatic nitrogens is 1. The average molecular weight is 324 g/mol. The second kappa shape index (κ2) is 5.99. The second-order valence-electron chi connectivity index (χ2n) is 3.95. The van der Waals surface area contributed by atoms with Crippen LogP contribution in [-0.4, -0.2) is 20.5 Å². The molecule has 1 aromatic heterocycles. The van der Waals surface area contributed by atoms with Gasteiger partial charge in [-0.25, -0.2) is 13.4 Å². The Morgan fingerprint density at radius 3 is 2.62 bits per heavy atom. The number of pyridine rings is 1. The molecule has 0 saturated carbocycles. The summed E-state index contributed by atoms with van der Waals surface area (Å²) in [6.45, 7) is 0. The highest BCUT2D eigenvalue weighted by atomic mass is 35.5. The van der Waals surface area contributed by atoms with E-state index in [0.29, 0.717) is 5.88 Å². The number of methoxy groups -OCH3 is 1. The first-order chi connectivity index (χ1) is 9.96. The molecule has 21 heavy (non-hydrogen) atoms. The fraction of sp³-hybridized carbons (Fsp3) is 0.0769. The molecule has 0 radical (unpaired) electrons. The van der Waals surface area contributed by atoms with Crippen LogP contribution in [0.15, 0.2) is 41.4 Å². The molecule has 8 heteroatoms. The van der Waals surface area contributed by atoms with Crippen LogP contribution in [0.3, 0.4) is 0 Å². The molecule has 0 aliphatic heterocycles. The number of rotatable bonds is 4. The van der Waals surface area contributed by atoms with Gasteiger partial charge >= 0.3 is 0 Å². The average Bonchev–Trinajstić information content (AvgIpc) is 2.47. The van der Waals surface area contributed by atoms with Crippen LogP contribution in [0.25, 0.3) is 0 Å². The van der Waals surface area contributed by atoms with Crippen LogP contribution in [0, 0.1) is 11.3 Å². The summed E-state index contributed by atoms with van der Waals surface area (Å²) in [4.78, 5) is 3.86. The fourth-order valence-electron chi connectivity index (χ4n) is 1.53. The first kappa shape index (κ1) is 15.1. The molecule has 1 aromatic carbocycles. The molecule has 0 fully saturated rings. The van der Waals surface area contributed by atoms with E-state index in [9.17, 15) is 8.42 Å². The molecule has 1 N–H and O–H groups in total. The molecule has 0 unspecified atom stereocenters. The highest BCUT2D eigenvalue weighted by molar-refractivity contribution is 7.92. The van der Waals surface area contributed by atoms with Crippen LogP contribution in [-0.2, 0) is 10.0 Å². The van der Waals surface area contributed by atoms with Gasteiger partial charge in [-0.1, -0.05) is 11.6 Å². The van der Waals surface area contributed by atoms with Gasteiger partial charge in [-0.15, -0.1) is 0 Å². The molecule has 108 valence electrons. The lowest BCUT2D eigenvalue weighted by Crippen LogP contribution is -2.13. The highest BCUT2D eigenvalue weighted by Gasteiger charge is 2.16. The van der Waals surface area contributed by atoms with Gasteiger partial charge in [0.1, 0.15) is 6.07 Å². The molecule has 0 aliphatic carbocycles. The lowest BCUT2D eigenvalue weighted by atomic mass is 10.2. The van der Waals surface area contributed by atoms with Crippen molar-refractivity contribution in [3.05, 3.63) is 47.1 Å². The highest BCUT2D eigenvalue weighted by Crippen LogP contribution is 2.22. The Kier molecular flexibility index (Phi) is 4.31. The van der Waals surface area contributed by atoms with E-state index in [-0.39, 0.29) is 21.2 Å². The van der Waals surface area contributed by atoms with E-state index in [4.69, 9.17) is 21.6 Å². The minimum Gasteiger partial charge on any atom is -0.481 e. The lowest BCUT2D eigenvalue weighted by molar-refractivity contribution is 0.398.